The fourth-order valence-electron chi connectivity index (χ4n) is 7.02. The van der Waals surface area contributed by atoms with Gasteiger partial charge in [0.25, 0.3) is 5.91 Å². The predicted octanol–water partition coefficient (Wildman–Crippen LogP) is 4.26. The highest BCUT2D eigenvalue weighted by Gasteiger charge is 2.54. The normalized spacial score (nSPS) is 20.6. The van der Waals surface area contributed by atoms with Crippen molar-refractivity contribution in [3.63, 3.8) is 0 Å². The quantitative estimate of drug-likeness (QED) is 0.262. The van der Waals surface area contributed by atoms with Crippen molar-refractivity contribution in [1.29, 1.82) is 0 Å². The van der Waals surface area contributed by atoms with Crippen LogP contribution in [0.3, 0.4) is 0 Å². The fourth-order valence-corrected chi connectivity index (χ4v) is 7.02. The smallest absolute Gasteiger partial charge is 0.322 e. The lowest BCUT2D eigenvalue weighted by Crippen LogP contribution is -2.73. The molecule has 1 atom stereocenters. The Balaban J connectivity index is 0.00000500. The predicted molar refractivity (Wildman–Crippen MR) is 179 cm³/mol. The minimum absolute atomic E-state index is 0. The Morgan fingerprint density at radius 1 is 0.957 bits per heavy atom. The average molecular weight is 671 g/mol. The van der Waals surface area contributed by atoms with Gasteiger partial charge in [0, 0.05) is 38.2 Å². The average Bonchev–Trinajstić information content (AvgIpc) is 3.05. The summed E-state index contributed by atoms with van der Waals surface area (Å²) in [6.45, 7) is 4.27. The number of hydrogen-bond acceptors (Lipinski definition) is 7. The van der Waals surface area contributed by atoms with Gasteiger partial charge in [-0.2, -0.15) is 0 Å². The number of carboxylic acid groups (broad SMARTS) is 1. The zero-order valence-electron chi connectivity index (χ0n) is 27.0. The maximum atomic E-state index is 13.8. The second kappa shape index (κ2) is 16.0. The van der Waals surface area contributed by atoms with Crippen molar-refractivity contribution in [3.05, 3.63) is 59.7 Å². The molecule has 1 spiro atoms. The number of carbonyl (C=O) groups is 4. The van der Waals surface area contributed by atoms with E-state index in [0.29, 0.717) is 75.3 Å². The van der Waals surface area contributed by atoms with Gasteiger partial charge in [-0.1, -0.05) is 44.7 Å². The summed E-state index contributed by atoms with van der Waals surface area (Å²) >= 11 is 0. The van der Waals surface area contributed by atoms with Gasteiger partial charge in [0.05, 0.1) is 5.60 Å². The van der Waals surface area contributed by atoms with Crippen LogP contribution in [0.5, 0.6) is 11.5 Å². The van der Waals surface area contributed by atoms with Crippen LogP contribution in [-0.2, 0) is 20.9 Å². The summed E-state index contributed by atoms with van der Waals surface area (Å²) in [7, 11) is 0. The highest BCUT2D eigenvalue weighted by atomic mass is 35.5. The summed E-state index contributed by atoms with van der Waals surface area (Å²) in [4.78, 5) is 54.4. The zero-order valence-corrected chi connectivity index (χ0v) is 27.9. The van der Waals surface area contributed by atoms with Gasteiger partial charge in [0.2, 0.25) is 11.8 Å². The highest BCUT2D eigenvalue weighted by Crippen LogP contribution is 2.38. The summed E-state index contributed by atoms with van der Waals surface area (Å²) < 4.78 is 5.92. The van der Waals surface area contributed by atoms with Gasteiger partial charge in [-0.25, -0.2) is 0 Å². The number of likely N-dealkylation sites (tertiary alicyclic amines) is 1. The Bertz CT molecular complexity index is 1390. The van der Waals surface area contributed by atoms with Gasteiger partial charge in [-0.05, 0) is 74.1 Å². The van der Waals surface area contributed by atoms with Gasteiger partial charge in [0.15, 0.2) is 0 Å². The molecule has 0 unspecified atom stereocenters. The molecule has 1 aliphatic carbocycles. The molecule has 12 heteroatoms. The molecular formula is C35H47ClN4O7. The van der Waals surface area contributed by atoms with Crippen LogP contribution in [-0.4, -0.2) is 87.1 Å². The molecule has 2 aromatic rings. The number of nitrogens with one attached hydrogen (secondary N) is 2. The Morgan fingerprint density at radius 3 is 2.17 bits per heavy atom. The first-order chi connectivity index (χ1) is 22.1. The van der Waals surface area contributed by atoms with Crippen LogP contribution in [0.2, 0.25) is 0 Å². The molecule has 0 radical (unpaired) electrons. The minimum atomic E-state index is -1.11. The van der Waals surface area contributed by atoms with Gasteiger partial charge in [-0.15, -0.1) is 12.4 Å². The zero-order chi connectivity index (χ0) is 32.7. The first kappa shape index (κ1) is 36.2. The van der Waals surface area contributed by atoms with Crippen molar-refractivity contribution in [3.8, 4) is 11.5 Å². The third-order valence-electron chi connectivity index (χ3n) is 9.68. The summed E-state index contributed by atoms with van der Waals surface area (Å²) in [5.74, 6) is -0.518. The lowest BCUT2D eigenvalue weighted by atomic mass is 9.77. The largest absolute Gasteiger partial charge is 0.480 e. The Morgan fingerprint density at radius 2 is 1.57 bits per heavy atom. The molecule has 47 heavy (non-hydrogen) atoms. The van der Waals surface area contributed by atoms with Crippen LogP contribution in [0.1, 0.15) is 87.1 Å². The molecule has 2 aromatic carbocycles. The van der Waals surface area contributed by atoms with Gasteiger partial charge in [-0.3, -0.25) is 24.1 Å². The summed E-state index contributed by atoms with van der Waals surface area (Å²) in [6, 6.07) is 13.6. The summed E-state index contributed by atoms with van der Waals surface area (Å²) in [5, 5.41) is 25.2. The van der Waals surface area contributed by atoms with E-state index in [4.69, 9.17) is 9.84 Å². The number of halogens is 1. The topological polar surface area (TPSA) is 149 Å². The first-order valence-corrected chi connectivity index (χ1v) is 16.5. The van der Waals surface area contributed by atoms with Crippen LogP contribution in [0.25, 0.3) is 0 Å². The molecule has 4 N–H and O–H groups in total. The molecule has 11 nitrogen and oxygen atoms in total. The Kier molecular flexibility index (Phi) is 12.3. The molecular weight excluding hydrogens is 624 g/mol. The summed E-state index contributed by atoms with van der Waals surface area (Å²) in [5.41, 5.74) is -0.294. The monoisotopic (exact) mass is 670 g/mol. The third-order valence-corrected chi connectivity index (χ3v) is 9.68. The lowest BCUT2D eigenvalue weighted by molar-refractivity contribution is -0.163. The lowest BCUT2D eigenvalue weighted by Gasteiger charge is -2.52. The van der Waals surface area contributed by atoms with E-state index in [2.05, 4.69) is 22.5 Å². The molecule has 256 valence electrons. The number of carboxylic acids is 1. The van der Waals surface area contributed by atoms with E-state index < -0.39 is 35.6 Å². The molecule has 3 aliphatic rings. The number of carbonyl (C=O) groups excluding carboxylic acids is 3. The van der Waals surface area contributed by atoms with Gasteiger partial charge >= 0.3 is 5.97 Å². The maximum Gasteiger partial charge on any atom is 0.322 e. The van der Waals surface area contributed by atoms with Crippen LogP contribution < -0.4 is 15.4 Å². The van der Waals surface area contributed by atoms with Crippen molar-refractivity contribution in [2.75, 3.05) is 26.2 Å². The number of rotatable bonds is 12. The second-order valence-electron chi connectivity index (χ2n) is 13.0. The number of aliphatic carboxylic acids is 1. The highest BCUT2D eigenvalue weighted by molar-refractivity contribution is 6.00. The van der Waals surface area contributed by atoms with Crippen molar-refractivity contribution >= 4 is 36.1 Å². The molecule has 3 fully saturated rings. The Labute approximate surface area is 282 Å². The number of hydrogen-bond donors (Lipinski definition) is 4. The number of amides is 3. The standard InChI is InChI=1S/C35H46N4O7.ClH/c1-2-3-19-39-32(43)29(22-34(45)15-5-4-6-16-34)37-33(44)35(39)17-20-38(21-18-35)24-25-7-11-27(12-8-25)46-28-13-9-26(10-14-28)31(42)36-23-30(40)41;/h7-14,29,45H,2-6,15-24H2,1H3,(H,36,42)(H,37,44)(H,40,41);1H/t29-;/m1./s1. The molecule has 2 saturated heterocycles. The van der Waals surface area contributed by atoms with Crippen molar-refractivity contribution in [2.24, 2.45) is 0 Å². The van der Waals surface area contributed by atoms with Crippen LogP contribution in [0, 0.1) is 0 Å². The van der Waals surface area contributed by atoms with Crippen LogP contribution in [0.15, 0.2) is 48.5 Å². The number of piperidine rings is 1. The van der Waals surface area contributed by atoms with E-state index in [1.54, 1.807) is 24.3 Å². The minimum Gasteiger partial charge on any atom is -0.480 e. The van der Waals surface area contributed by atoms with E-state index >= 15 is 0 Å². The van der Waals surface area contributed by atoms with E-state index in [1.165, 1.54) is 0 Å². The van der Waals surface area contributed by atoms with Crippen molar-refractivity contribution < 1.29 is 34.1 Å². The van der Waals surface area contributed by atoms with E-state index in [9.17, 15) is 24.3 Å². The molecule has 2 heterocycles. The van der Waals surface area contributed by atoms with Crippen molar-refractivity contribution in [2.45, 2.75) is 94.9 Å². The maximum absolute atomic E-state index is 13.8. The van der Waals surface area contributed by atoms with Gasteiger partial charge < -0.3 is 30.5 Å². The number of benzene rings is 2. The Hall–Kier alpha value is -3.67. The first-order valence-electron chi connectivity index (χ1n) is 16.5. The molecule has 0 aromatic heterocycles. The number of aliphatic hydroxyl groups is 1. The van der Waals surface area contributed by atoms with E-state index in [0.717, 1.165) is 37.7 Å². The molecule has 0 bridgehead atoms. The van der Waals surface area contributed by atoms with E-state index in [-0.39, 0.29) is 24.2 Å². The second-order valence-corrected chi connectivity index (χ2v) is 13.0. The molecule has 3 amide bonds. The van der Waals surface area contributed by atoms with Crippen LogP contribution >= 0.6 is 12.4 Å². The van der Waals surface area contributed by atoms with Crippen LogP contribution in [0.4, 0.5) is 0 Å². The molecule has 1 saturated carbocycles. The number of unbranched alkanes of at least 4 members (excludes halogenated alkanes) is 1. The number of piperazine rings is 1. The summed E-state index contributed by atoms with van der Waals surface area (Å²) in [6.07, 6.45) is 7.56. The molecule has 5 rings (SSSR count). The molecule has 2 aliphatic heterocycles. The van der Waals surface area contributed by atoms with Gasteiger partial charge in [0.1, 0.15) is 29.6 Å². The number of ether oxygens (including phenoxy) is 1. The third kappa shape index (κ3) is 8.82. The SMILES string of the molecule is CCCCN1C(=O)[C@@H](CC2(O)CCCCC2)NC(=O)C12CCN(Cc1ccc(Oc3ccc(C(=O)NCC(=O)O)cc3)cc1)CC2.Cl. The fraction of sp³-hybridized carbons (Fsp3) is 0.543. The van der Waals surface area contributed by atoms with Crippen molar-refractivity contribution in [1.82, 2.24) is 20.4 Å². The number of nitrogens with zero attached hydrogens (tertiary/aromatic N) is 2. The van der Waals surface area contributed by atoms with E-state index in [1.807, 2.05) is 29.2 Å².